The molecule has 0 spiro atoms. The number of nitrogens with one attached hydrogen (secondary N) is 1. The van der Waals surface area contributed by atoms with Crippen LogP contribution in [0.4, 0.5) is 5.69 Å². The van der Waals surface area contributed by atoms with Crippen LogP contribution in [0.15, 0.2) is 78.2 Å². The molecule has 2 aromatic carbocycles. The first-order chi connectivity index (χ1) is 15.6. The van der Waals surface area contributed by atoms with Gasteiger partial charge in [-0.3, -0.25) is 9.47 Å². The molecule has 0 saturated carbocycles. The smallest absolute Gasteiger partial charge is 0.234 e. The fraction of sp³-hybridized carbons (Fsp3) is 0.174. The zero-order valence-corrected chi connectivity index (χ0v) is 19.0. The highest BCUT2D eigenvalue weighted by molar-refractivity contribution is 7.99. The van der Waals surface area contributed by atoms with Crippen molar-refractivity contribution < 1.29 is 9.53 Å². The summed E-state index contributed by atoms with van der Waals surface area (Å²) in [5.41, 5.74) is 1.79. The summed E-state index contributed by atoms with van der Waals surface area (Å²) in [7, 11) is 0. The number of halogens is 1. The highest BCUT2D eigenvalue weighted by Crippen LogP contribution is 2.21. The third-order valence-electron chi connectivity index (χ3n) is 4.55. The molecule has 2 heterocycles. The summed E-state index contributed by atoms with van der Waals surface area (Å²) in [5, 5.41) is 12.9. The maximum absolute atomic E-state index is 12.5. The average molecular weight is 468 g/mol. The predicted molar refractivity (Wildman–Crippen MR) is 126 cm³/mol. The molecule has 0 aliphatic heterocycles. The molecular formula is C23H22ClN5O2S. The van der Waals surface area contributed by atoms with E-state index in [-0.39, 0.29) is 11.7 Å². The number of aromatic nitrogens is 4. The van der Waals surface area contributed by atoms with E-state index in [0.717, 1.165) is 17.1 Å². The van der Waals surface area contributed by atoms with E-state index < -0.39 is 0 Å². The summed E-state index contributed by atoms with van der Waals surface area (Å²) in [6.45, 7) is 2.53. The Morgan fingerprint density at radius 1 is 1.06 bits per heavy atom. The lowest BCUT2D eigenvalue weighted by molar-refractivity contribution is -0.113. The van der Waals surface area contributed by atoms with Crippen LogP contribution in [0, 0.1) is 0 Å². The molecule has 0 aliphatic carbocycles. The second-order valence-corrected chi connectivity index (χ2v) is 8.25. The Balaban J connectivity index is 1.45. The van der Waals surface area contributed by atoms with Gasteiger partial charge in [-0.25, -0.2) is 4.68 Å². The predicted octanol–water partition coefficient (Wildman–Crippen LogP) is 4.76. The van der Waals surface area contributed by atoms with Crippen LogP contribution in [-0.2, 0) is 11.2 Å². The van der Waals surface area contributed by atoms with E-state index in [2.05, 4.69) is 15.5 Å². The normalized spacial score (nSPS) is 10.8. The zero-order valence-electron chi connectivity index (χ0n) is 17.4. The average Bonchev–Trinajstić information content (AvgIpc) is 3.45. The van der Waals surface area contributed by atoms with E-state index in [1.54, 1.807) is 0 Å². The van der Waals surface area contributed by atoms with Crippen LogP contribution in [-0.4, -0.2) is 37.8 Å². The molecule has 0 saturated heterocycles. The summed E-state index contributed by atoms with van der Waals surface area (Å²) in [4.78, 5) is 12.5. The largest absolute Gasteiger partial charge is 0.494 e. The van der Waals surface area contributed by atoms with Gasteiger partial charge < -0.3 is 10.1 Å². The molecule has 4 rings (SSSR count). The van der Waals surface area contributed by atoms with Gasteiger partial charge in [-0.05, 0) is 61.0 Å². The molecule has 9 heteroatoms. The SMILES string of the molecule is CCOc1ccc(NC(=O)CSc2nnc(Cc3ccc(Cl)cc3)n2-n2cccc2)cc1. The minimum absolute atomic E-state index is 0.125. The third-order valence-corrected chi connectivity index (χ3v) is 5.72. The molecule has 1 N–H and O–H groups in total. The maximum Gasteiger partial charge on any atom is 0.234 e. The van der Waals surface area contributed by atoms with Gasteiger partial charge in [0.1, 0.15) is 5.75 Å². The Labute approximate surface area is 195 Å². The highest BCUT2D eigenvalue weighted by atomic mass is 35.5. The molecule has 32 heavy (non-hydrogen) atoms. The van der Waals surface area contributed by atoms with E-state index in [1.165, 1.54) is 11.8 Å². The number of hydrogen-bond donors (Lipinski definition) is 1. The summed E-state index contributed by atoms with van der Waals surface area (Å²) in [5.74, 6) is 1.61. The fourth-order valence-corrected chi connectivity index (χ4v) is 3.98. The molecule has 0 aliphatic rings. The van der Waals surface area contributed by atoms with E-state index in [1.807, 2.05) is 89.3 Å². The highest BCUT2D eigenvalue weighted by Gasteiger charge is 2.16. The number of thioether (sulfide) groups is 1. The van der Waals surface area contributed by atoms with Crippen molar-refractivity contribution in [2.45, 2.75) is 18.5 Å². The molecule has 0 bridgehead atoms. The van der Waals surface area contributed by atoms with Crippen LogP contribution in [0.3, 0.4) is 0 Å². The van der Waals surface area contributed by atoms with Crippen LogP contribution in [0.1, 0.15) is 18.3 Å². The van der Waals surface area contributed by atoms with E-state index in [9.17, 15) is 4.79 Å². The molecule has 0 radical (unpaired) electrons. The van der Waals surface area contributed by atoms with Crippen molar-refractivity contribution in [1.29, 1.82) is 0 Å². The van der Waals surface area contributed by atoms with Crippen molar-refractivity contribution in [2.24, 2.45) is 0 Å². The van der Waals surface area contributed by atoms with Crippen molar-refractivity contribution in [1.82, 2.24) is 19.5 Å². The summed E-state index contributed by atoms with van der Waals surface area (Å²) >= 11 is 7.33. The van der Waals surface area contributed by atoms with Crippen LogP contribution in [0.25, 0.3) is 0 Å². The molecule has 0 atom stereocenters. The van der Waals surface area contributed by atoms with Gasteiger partial charge >= 0.3 is 0 Å². The third kappa shape index (κ3) is 5.52. The van der Waals surface area contributed by atoms with Crippen LogP contribution >= 0.6 is 23.4 Å². The quantitative estimate of drug-likeness (QED) is 0.359. The van der Waals surface area contributed by atoms with Crippen molar-refractivity contribution in [3.05, 3.63) is 89.5 Å². The van der Waals surface area contributed by atoms with E-state index in [4.69, 9.17) is 16.3 Å². The maximum atomic E-state index is 12.5. The number of benzene rings is 2. The Morgan fingerprint density at radius 2 is 1.78 bits per heavy atom. The molecule has 0 unspecified atom stereocenters. The van der Waals surface area contributed by atoms with E-state index >= 15 is 0 Å². The fourth-order valence-electron chi connectivity index (χ4n) is 3.10. The van der Waals surface area contributed by atoms with Crippen molar-refractivity contribution in [3.8, 4) is 5.75 Å². The number of carbonyl (C=O) groups excluding carboxylic acids is 1. The summed E-state index contributed by atoms with van der Waals surface area (Å²) in [6, 6.07) is 18.8. The van der Waals surface area contributed by atoms with Crippen LogP contribution in [0.2, 0.25) is 5.02 Å². The molecular weight excluding hydrogens is 446 g/mol. The molecule has 0 fully saturated rings. The molecule has 1 amide bonds. The van der Waals surface area contributed by atoms with Gasteiger partial charge in [0.05, 0.1) is 12.4 Å². The minimum atomic E-state index is -0.125. The second-order valence-electron chi connectivity index (χ2n) is 6.87. The lowest BCUT2D eigenvalue weighted by Crippen LogP contribution is -2.16. The second kappa shape index (κ2) is 10.4. The molecule has 7 nitrogen and oxygen atoms in total. The first-order valence-corrected chi connectivity index (χ1v) is 11.5. The Hall–Kier alpha value is -3.23. The number of rotatable bonds is 9. The monoisotopic (exact) mass is 467 g/mol. The summed E-state index contributed by atoms with van der Waals surface area (Å²) in [6.07, 6.45) is 4.42. The van der Waals surface area contributed by atoms with Crippen LogP contribution in [0.5, 0.6) is 5.75 Å². The molecule has 2 aromatic heterocycles. The number of amides is 1. The van der Waals surface area contributed by atoms with Crippen molar-refractivity contribution in [3.63, 3.8) is 0 Å². The first-order valence-electron chi connectivity index (χ1n) is 10.1. The minimum Gasteiger partial charge on any atom is -0.494 e. The molecule has 4 aromatic rings. The van der Waals surface area contributed by atoms with Gasteiger partial charge in [0.25, 0.3) is 0 Å². The number of carbonyl (C=O) groups is 1. The number of hydrogen-bond acceptors (Lipinski definition) is 5. The Kier molecular flexibility index (Phi) is 7.14. The van der Waals surface area contributed by atoms with Gasteiger partial charge in [0, 0.05) is 29.5 Å². The van der Waals surface area contributed by atoms with Crippen LogP contribution < -0.4 is 10.1 Å². The first kappa shape index (κ1) is 22.0. The zero-order chi connectivity index (χ0) is 22.3. The standard InChI is InChI=1S/C23H22ClN5O2S/c1-2-31-20-11-9-19(10-12-20)25-22(30)16-32-23-27-26-21(29(23)28-13-3-4-14-28)15-17-5-7-18(24)8-6-17/h3-14H,2,15-16H2,1H3,(H,25,30). The topological polar surface area (TPSA) is 74.0 Å². The van der Waals surface area contributed by atoms with Crippen molar-refractivity contribution in [2.75, 3.05) is 17.7 Å². The number of nitrogens with zero attached hydrogens (tertiary/aromatic N) is 4. The van der Waals surface area contributed by atoms with Gasteiger partial charge in [-0.1, -0.05) is 35.5 Å². The van der Waals surface area contributed by atoms with Crippen molar-refractivity contribution >= 4 is 35.0 Å². The van der Waals surface area contributed by atoms with E-state index in [0.29, 0.717) is 28.9 Å². The van der Waals surface area contributed by atoms with Gasteiger partial charge in [-0.15, -0.1) is 10.2 Å². The lowest BCUT2D eigenvalue weighted by atomic mass is 10.1. The molecule has 164 valence electrons. The Bertz CT molecular complexity index is 1160. The number of anilines is 1. The number of ether oxygens (including phenoxy) is 1. The van der Waals surface area contributed by atoms with Gasteiger partial charge in [0.15, 0.2) is 5.82 Å². The Morgan fingerprint density at radius 3 is 2.47 bits per heavy atom. The van der Waals surface area contributed by atoms with Gasteiger partial charge in [0.2, 0.25) is 11.1 Å². The summed E-state index contributed by atoms with van der Waals surface area (Å²) < 4.78 is 9.23. The van der Waals surface area contributed by atoms with Gasteiger partial charge in [-0.2, -0.15) is 0 Å². The lowest BCUT2D eigenvalue weighted by Gasteiger charge is -2.11.